The summed E-state index contributed by atoms with van der Waals surface area (Å²) in [6, 6.07) is 9.62. The lowest BCUT2D eigenvalue weighted by Gasteiger charge is -2.48. The molecule has 0 radical (unpaired) electrons. The number of fused-ring (bicyclic) bond motifs is 2. The summed E-state index contributed by atoms with van der Waals surface area (Å²) < 4.78 is 5.94. The molecule has 0 amide bonds. The van der Waals surface area contributed by atoms with Gasteiger partial charge in [0, 0.05) is 36.4 Å². The predicted molar refractivity (Wildman–Crippen MR) is 94.3 cm³/mol. The maximum absolute atomic E-state index is 5.94. The number of aryl methyl sites for hydroxylation is 1. The van der Waals surface area contributed by atoms with Crippen molar-refractivity contribution in [2.45, 2.75) is 31.8 Å². The molecule has 0 spiro atoms. The lowest BCUT2D eigenvalue weighted by molar-refractivity contribution is -0.0603. The third-order valence-corrected chi connectivity index (χ3v) is 5.87. The minimum atomic E-state index is 0.486. The van der Waals surface area contributed by atoms with Gasteiger partial charge in [0.25, 0.3) is 0 Å². The molecule has 0 bridgehead atoms. The van der Waals surface area contributed by atoms with E-state index < -0.39 is 0 Å². The number of hydrogen-bond acceptors (Lipinski definition) is 5. The summed E-state index contributed by atoms with van der Waals surface area (Å²) in [6.07, 6.45) is 2.77. The molecule has 2 aliphatic heterocycles. The highest BCUT2D eigenvalue weighted by atomic mass is 16.5. The lowest BCUT2D eigenvalue weighted by Crippen LogP contribution is -2.62. The number of rotatable bonds is 2. The molecule has 1 aromatic heterocycles. The van der Waals surface area contributed by atoms with Gasteiger partial charge in [0.15, 0.2) is 5.82 Å². The van der Waals surface area contributed by atoms with Crippen LogP contribution >= 0.6 is 0 Å². The van der Waals surface area contributed by atoms with Gasteiger partial charge in [0.1, 0.15) is 0 Å². The number of piperazine rings is 1. The molecule has 5 rings (SSSR count). The number of ether oxygens (including phenoxy) is 1. The summed E-state index contributed by atoms with van der Waals surface area (Å²) in [5.74, 6) is 1.91. The maximum atomic E-state index is 5.94. The van der Waals surface area contributed by atoms with Crippen molar-refractivity contribution in [3.8, 4) is 0 Å². The Hall–Kier alpha value is -1.72. The number of morpholine rings is 1. The minimum Gasteiger partial charge on any atom is -0.378 e. The number of aromatic nitrogens is 2. The molecule has 0 N–H and O–H groups in total. The van der Waals surface area contributed by atoms with E-state index in [0.29, 0.717) is 12.1 Å². The molecule has 2 saturated heterocycles. The van der Waals surface area contributed by atoms with Crippen LogP contribution in [-0.4, -0.2) is 60.0 Å². The van der Waals surface area contributed by atoms with Gasteiger partial charge in [-0.05, 0) is 25.7 Å². The van der Waals surface area contributed by atoms with Crippen molar-refractivity contribution in [2.75, 3.05) is 37.7 Å². The monoisotopic (exact) mass is 324 g/mol. The van der Waals surface area contributed by atoms with E-state index in [1.165, 1.54) is 23.6 Å². The zero-order valence-corrected chi connectivity index (χ0v) is 14.2. The topological polar surface area (TPSA) is 41.5 Å². The Morgan fingerprint density at radius 1 is 1.04 bits per heavy atom. The second kappa shape index (κ2) is 5.67. The standard InChI is InChI=1S/C19H24N4O/c1-13-16-4-2-3-5-17(16)19(21-20-13)22-8-9-23-15(10-22)11-24-12-18(23)14-6-7-14/h2-5,14-15,18H,6-12H2,1H3/t15-,18-/m1/s1. The average Bonchev–Trinajstić information content (AvgIpc) is 3.46. The molecule has 1 saturated carbocycles. The number of nitrogens with zero attached hydrogens (tertiary/aromatic N) is 4. The molecule has 2 aromatic rings. The summed E-state index contributed by atoms with van der Waals surface area (Å²) >= 11 is 0. The predicted octanol–water partition coefficient (Wildman–Crippen LogP) is 2.24. The molecule has 0 unspecified atom stereocenters. The van der Waals surface area contributed by atoms with Crippen molar-refractivity contribution in [1.82, 2.24) is 15.1 Å². The fraction of sp³-hybridized carbons (Fsp3) is 0.579. The van der Waals surface area contributed by atoms with E-state index in [-0.39, 0.29) is 0 Å². The van der Waals surface area contributed by atoms with Gasteiger partial charge in [-0.15, -0.1) is 5.10 Å². The second-order valence-corrected chi connectivity index (χ2v) is 7.43. The van der Waals surface area contributed by atoms with Crippen molar-refractivity contribution in [3.05, 3.63) is 30.0 Å². The first kappa shape index (κ1) is 14.6. The van der Waals surface area contributed by atoms with Crippen molar-refractivity contribution in [3.63, 3.8) is 0 Å². The molecule has 3 aliphatic rings. The Bertz CT molecular complexity index is 760. The Morgan fingerprint density at radius 3 is 2.71 bits per heavy atom. The van der Waals surface area contributed by atoms with E-state index in [0.717, 1.165) is 50.3 Å². The van der Waals surface area contributed by atoms with E-state index in [1.54, 1.807) is 0 Å². The number of benzene rings is 1. The SMILES string of the molecule is Cc1nnc(N2CCN3[C@@H](COC[C@@H]3C3CC3)C2)c2ccccc12. The van der Waals surface area contributed by atoms with Crippen LogP contribution in [-0.2, 0) is 4.74 Å². The van der Waals surface area contributed by atoms with Gasteiger partial charge in [0.05, 0.1) is 24.9 Å². The van der Waals surface area contributed by atoms with Crippen LogP contribution in [0.1, 0.15) is 18.5 Å². The molecule has 3 heterocycles. The highest BCUT2D eigenvalue weighted by molar-refractivity contribution is 5.93. The van der Waals surface area contributed by atoms with Crippen LogP contribution in [0.25, 0.3) is 10.8 Å². The second-order valence-electron chi connectivity index (χ2n) is 7.43. The van der Waals surface area contributed by atoms with E-state index in [4.69, 9.17) is 4.74 Å². The minimum absolute atomic E-state index is 0.486. The molecule has 1 aliphatic carbocycles. The summed E-state index contributed by atoms with van der Waals surface area (Å²) in [4.78, 5) is 5.12. The van der Waals surface area contributed by atoms with E-state index in [1.807, 2.05) is 6.92 Å². The van der Waals surface area contributed by atoms with Gasteiger partial charge in [-0.1, -0.05) is 24.3 Å². The van der Waals surface area contributed by atoms with Crippen molar-refractivity contribution in [2.24, 2.45) is 5.92 Å². The largest absolute Gasteiger partial charge is 0.378 e. The third kappa shape index (κ3) is 2.38. The first-order chi connectivity index (χ1) is 11.8. The van der Waals surface area contributed by atoms with Crippen LogP contribution in [0.3, 0.4) is 0 Å². The van der Waals surface area contributed by atoms with E-state index >= 15 is 0 Å². The highest BCUT2D eigenvalue weighted by Gasteiger charge is 2.43. The Morgan fingerprint density at radius 2 is 1.88 bits per heavy atom. The van der Waals surface area contributed by atoms with E-state index in [9.17, 15) is 0 Å². The average molecular weight is 324 g/mol. The van der Waals surface area contributed by atoms with Gasteiger partial charge >= 0.3 is 0 Å². The summed E-state index contributed by atoms with van der Waals surface area (Å²) in [6.45, 7) is 6.93. The first-order valence-electron chi connectivity index (χ1n) is 9.12. The van der Waals surface area contributed by atoms with Gasteiger partial charge in [-0.2, -0.15) is 5.10 Å². The molecule has 24 heavy (non-hydrogen) atoms. The summed E-state index contributed by atoms with van der Waals surface area (Å²) in [5, 5.41) is 11.4. The normalized spacial score (nSPS) is 28.1. The van der Waals surface area contributed by atoms with Crippen LogP contribution in [0.2, 0.25) is 0 Å². The number of hydrogen-bond donors (Lipinski definition) is 0. The van der Waals surface area contributed by atoms with Gasteiger partial charge in [-0.25, -0.2) is 0 Å². The Balaban J connectivity index is 1.44. The smallest absolute Gasteiger partial charge is 0.159 e. The summed E-state index contributed by atoms with van der Waals surface area (Å²) in [7, 11) is 0. The summed E-state index contributed by atoms with van der Waals surface area (Å²) in [5.41, 5.74) is 1.00. The van der Waals surface area contributed by atoms with Crippen molar-refractivity contribution < 1.29 is 4.74 Å². The molecule has 3 fully saturated rings. The zero-order valence-electron chi connectivity index (χ0n) is 14.2. The van der Waals surface area contributed by atoms with Crippen LogP contribution < -0.4 is 4.90 Å². The molecular weight excluding hydrogens is 300 g/mol. The van der Waals surface area contributed by atoms with Crippen LogP contribution in [0.4, 0.5) is 5.82 Å². The Kier molecular flexibility index (Phi) is 3.45. The van der Waals surface area contributed by atoms with Crippen molar-refractivity contribution >= 4 is 16.6 Å². The Labute approximate surface area is 142 Å². The molecule has 5 nitrogen and oxygen atoms in total. The zero-order chi connectivity index (χ0) is 16.1. The highest BCUT2D eigenvalue weighted by Crippen LogP contribution is 2.39. The van der Waals surface area contributed by atoms with Crippen LogP contribution in [0, 0.1) is 12.8 Å². The lowest BCUT2D eigenvalue weighted by atomic mass is 10.0. The van der Waals surface area contributed by atoms with Gasteiger partial charge < -0.3 is 9.64 Å². The van der Waals surface area contributed by atoms with Crippen molar-refractivity contribution in [1.29, 1.82) is 0 Å². The first-order valence-corrected chi connectivity index (χ1v) is 9.12. The van der Waals surface area contributed by atoms with Gasteiger partial charge in [0.2, 0.25) is 0 Å². The van der Waals surface area contributed by atoms with Crippen LogP contribution in [0.5, 0.6) is 0 Å². The molecule has 126 valence electrons. The maximum Gasteiger partial charge on any atom is 0.159 e. The molecule has 5 heteroatoms. The fourth-order valence-electron chi connectivity index (χ4n) is 4.41. The molecule has 2 atom stereocenters. The molecule has 1 aromatic carbocycles. The number of anilines is 1. The van der Waals surface area contributed by atoms with Gasteiger partial charge in [-0.3, -0.25) is 4.90 Å². The van der Waals surface area contributed by atoms with E-state index in [2.05, 4.69) is 44.3 Å². The molecular formula is C19H24N4O. The third-order valence-electron chi connectivity index (χ3n) is 5.87. The van der Waals surface area contributed by atoms with Crippen LogP contribution in [0.15, 0.2) is 24.3 Å². The fourth-order valence-corrected chi connectivity index (χ4v) is 4.41. The quantitative estimate of drug-likeness (QED) is 0.847.